The fourth-order valence-electron chi connectivity index (χ4n) is 8.27. The van der Waals surface area contributed by atoms with E-state index in [9.17, 15) is 4.79 Å². The van der Waals surface area contributed by atoms with Gasteiger partial charge in [0.2, 0.25) is 5.91 Å². The number of carbonyl (C=O) groups excluding carboxylic acids is 1. The molecule has 0 atom stereocenters. The Kier molecular flexibility index (Phi) is 7.93. The molecule has 2 aromatic heterocycles. The Hall–Kier alpha value is -3.15. The maximum atomic E-state index is 14.3. The molecule has 2 heterocycles. The number of hydrogen-bond acceptors (Lipinski definition) is 4. The minimum Gasteiger partial charge on any atom is -0.496 e. The number of anilines is 1. The standard InChI is InChI=1S/C37H50N4O2/c1-26-20-31(21-27(2)33(26)43-6)37-16-13-36(14-17-37,15-18-37)25-40(34(42)28-10-8-7-9-11-28)32-22-29(12-19-38-32)30-23-39-41(24-30)35(3,4)5/h12,19-24,28H,7-11,13-18,25H2,1-6H3. The van der Waals surface area contributed by atoms with E-state index in [0.29, 0.717) is 0 Å². The van der Waals surface area contributed by atoms with Crippen molar-refractivity contribution in [1.29, 1.82) is 0 Å². The zero-order valence-corrected chi connectivity index (χ0v) is 27.2. The molecule has 1 aromatic carbocycles. The summed E-state index contributed by atoms with van der Waals surface area (Å²) in [7, 11) is 1.77. The lowest BCUT2D eigenvalue weighted by Gasteiger charge is -2.55. The number of carbonyl (C=O) groups is 1. The molecule has 4 saturated carbocycles. The first-order valence-corrected chi connectivity index (χ1v) is 16.5. The summed E-state index contributed by atoms with van der Waals surface area (Å²) >= 11 is 0. The zero-order valence-electron chi connectivity index (χ0n) is 27.2. The summed E-state index contributed by atoms with van der Waals surface area (Å²) in [4.78, 5) is 21.3. The van der Waals surface area contributed by atoms with Crippen LogP contribution in [-0.2, 0) is 15.7 Å². The van der Waals surface area contributed by atoms with E-state index in [2.05, 4.69) is 69.0 Å². The van der Waals surface area contributed by atoms with Gasteiger partial charge in [0, 0.05) is 30.4 Å². The molecule has 43 heavy (non-hydrogen) atoms. The molecule has 0 saturated heterocycles. The molecule has 0 N–H and O–H groups in total. The van der Waals surface area contributed by atoms with Crippen LogP contribution in [-0.4, -0.2) is 34.3 Å². The quantitative estimate of drug-likeness (QED) is 0.280. The first-order valence-electron chi connectivity index (χ1n) is 16.5. The van der Waals surface area contributed by atoms with Gasteiger partial charge < -0.3 is 4.74 Å². The number of aromatic nitrogens is 3. The van der Waals surface area contributed by atoms with Crippen LogP contribution in [0.1, 0.15) is 108 Å². The largest absolute Gasteiger partial charge is 0.496 e. The van der Waals surface area contributed by atoms with Crippen molar-refractivity contribution >= 4 is 11.7 Å². The van der Waals surface area contributed by atoms with Crippen LogP contribution in [0.25, 0.3) is 11.1 Å². The molecule has 1 amide bonds. The molecule has 230 valence electrons. The second-order valence-electron chi connectivity index (χ2n) is 14.9. The van der Waals surface area contributed by atoms with E-state index in [-0.39, 0.29) is 28.2 Å². The Bertz CT molecular complexity index is 1430. The highest BCUT2D eigenvalue weighted by atomic mass is 16.5. The van der Waals surface area contributed by atoms with Gasteiger partial charge in [-0.1, -0.05) is 31.4 Å². The van der Waals surface area contributed by atoms with Crippen LogP contribution in [0.15, 0.2) is 42.9 Å². The third kappa shape index (κ3) is 5.74. The molecule has 6 nitrogen and oxygen atoms in total. The monoisotopic (exact) mass is 582 g/mol. The third-order valence-corrected chi connectivity index (χ3v) is 11.0. The van der Waals surface area contributed by atoms with Gasteiger partial charge in [-0.15, -0.1) is 0 Å². The van der Waals surface area contributed by atoms with E-state index in [1.165, 1.54) is 42.4 Å². The van der Waals surface area contributed by atoms with E-state index in [0.717, 1.165) is 74.2 Å². The second-order valence-corrected chi connectivity index (χ2v) is 14.9. The highest BCUT2D eigenvalue weighted by Crippen LogP contribution is 2.58. The predicted octanol–water partition coefficient (Wildman–Crippen LogP) is 8.53. The molecule has 4 fully saturated rings. The van der Waals surface area contributed by atoms with E-state index in [1.807, 2.05) is 23.1 Å². The van der Waals surface area contributed by atoms with Gasteiger partial charge >= 0.3 is 0 Å². The van der Waals surface area contributed by atoms with Gasteiger partial charge in [-0.25, -0.2) is 4.98 Å². The fraction of sp³-hybridized carbons (Fsp3) is 0.595. The number of hydrogen-bond donors (Lipinski definition) is 0. The minimum absolute atomic E-state index is 0.0867. The first kappa shape index (κ1) is 29.9. The predicted molar refractivity (Wildman–Crippen MR) is 174 cm³/mol. The maximum absolute atomic E-state index is 14.3. The zero-order chi connectivity index (χ0) is 30.4. The van der Waals surface area contributed by atoms with Crippen LogP contribution in [0.4, 0.5) is 5.82 Å². The van der Waals surface area contributed by atoms with Crippen LogP contribution >= 0.6 is 0 Å². The van der Waals surface area contributed by atoms with Crippen molar-refractivity contribution in [3.05, 3.63) is 59.5 Å². The average Bonchev–Trinajstić information content (AvgIpc) is 3.53. The molecule has 0 aliphatic heterocycles. The Balaban J connectivity index is 1.27. The van der Waals surface area contributed by atoms with Crippen molar-refractivity contribution in [2.75, 3.05) is 18.6 Å². The van der Waals surface area contributed by atoms with Gasteiger partial charge in [-0.05, 0) is 131 Å². The Labute approximate surface area is 258 Å². The lowest BCUT2D eigenvalue weighted by Crippen LogP contribution is -2.51. The van der Waals surface area contributed by atoms with E-state index in [4.69, 9.17) is 9.72 Å². The summed E-state index contributed by atoms with van der Waals surface area (Å²) < 4.78 is 7.68. The minimum atomic E-state index is -0.0867. The lowest BCUT2D eigenvalue weighted by molar-refractivity contribution is -0.124. The van der Waals surface area contributed by atoms with Gasteiger partial charge in [-0.2, -0.15) is 5.10 Å². The molecule has 0 radical (unpaired) electrons. The number of benzene rings is 1. The van der Waals surface area contributed by atoms with E-state index in [1.54, 1.807) is 7.11 Å². The van der Waals surface area contributed by atoms with Crippen LogP contribution < -0.4 is 9.64 Å². The van der Waals surface area contributed by atoms with E-state index < -0.39 is 0 Å². The van der Waals surface area contributed by atoms with Gasteiger partial charge in [-0.3, -0.25) is 14.4 Å². The van der Waals surface area contributed by atoms with E-state index >= 15 is 0 Å². The third-order valence-electron chi connectivity index (χ3n) is 11.0. The van der Waals surface area contributed by atoms with Crippen molar-refractivity contribution < 1.29 is 9.53 Å². The normalized spacial score (nSPS) is 24.2. The summed E-state index contributed by atoms with van der Waals surface area (Å²) in [5.74, 6) is 2.21. The molecule has 2 bridgehead atoms. The van der Waals surface area contributed by atoms with Crippen molar-refractivity contribution in [1.82, 2.24) is 14.8 Å². The number of aryl methyl sites for hydroxylation is 2. The van der Waals surface area contributed by atoms with Crippen LogP contribution in [0, 0.1) is 25.2 Å². The van der Waals surface area contributed by atoms with Gasteiger partial charge in [0.1, 0.15) is 11.6 Å². The molecule has 6 heteroatoms. The van der Waals surface area contributed by atoms with Crippen molar-refractivity contribution in [3.8, 4) is 16.9 Å². The molecular weight excluding hydrogens is 532 g/mol. The highest BCUT2D eigenvalue weighted by Gasteiger charge is 2.51. The number of nitrogens with zero attached hydrogens (tertiary/aromatic N) is 4. The number of pyridine rings is 1. The molecule has 4 aliphatic rings. The summed E-state index contributed by atoms with van der Waals surface area (Å²) in [5.41, 5.74) is 6.39. The number of rotatable bonds is 7. The van der Waals surface area contributed by atoms with Crippen molar-refractivity contribution in [3.63, 3.8) is 0 Å². The van der Waals surface area contributed by atoms with Crippen LogP contribution in [0.5, 0.6) is 5.75 Å². The lowest BCUT2D eigenvalue weighted by atomic mass is 9.51. The number of fused-ring (bicyclic) bond motifs is 3. The van der Waals surface area contributed by atoms with Gasteiger partial charge in [0.05, 0.1) is 18.8 Å². The van der Waals surface area contributed by atoms with Gasteiger partial charge in [0.15, 0.2) is 0 Å². The van der Waals surface area contributed by atoms with Gasteiger partial charge in [0.25, 0.3) is 0 Å². The van der Waals surface area contributed by atoms with Crippen molar-refractivity contribution in [2.45, 2.75) is 116 Å². The first-order chi connectivity index (χ1) is 20.5. The summed E-state index contributed by atoms with van der Waals surface area (Å²) in [6.07, 6.45) is 18.5. The molecule has 0 spiro atoms. The molecule has 7 rings (SSSR count). The Morgan fingerprint density at radius 3 is 2.21 bits per heavy atom. The Morgan fingerprint density at radius 2 is 1.63 bits per heavy atom. The summed E-state index contributed by atoms with van der Waals surface area (Å²) in [6.45, 7) is 11.6. The van der Waals surface area contributed by atoms with Crippen molar-refractivity contribution in [2.24, 2.45) is 11.3 Å². The molecule has 3 aromatic rings. The smallest absolute Gasteiger partial charge is 0.231 e. The number of ether oxygens (including phenoxy) is 1. The molecule has 4 aliphatic carbocycles. The summed E-state index contributed by atoms with van der Waals surface area (Å²) in [6, 6.07) is 8.92. The fourth-order valence-corrected chi connectivity index (χ4v) is 8.27. The number of methoxy groups -OCH3 is 1. The second kappa shape index (κ2) is 11.4. The molecular formula is C37H50N4O2. The summed E-state index contributed by atoms with van der Waals surface area (Å²) in [5, 5.41) is 4.63. The highest BCUT2D eigenvalue weighted by molar-refractivity contribution is 5.95. The maximum Gasteiger partial charge on any atom is 0.231 e. The SMILES string of the molecule is COc1c(C)cc(C23CCC(CN(C(=O)C4CCCCC4)c4cc(-c5cnn(C(C)(C)C)c5)ccn4)(CC2)CC3)cc1C. The Morgan fingerprint density at radius 1 is 0.977 bits per heavy atom. The van der Waals surface area contributed by atoms with Crippen LogP contribution in [0.2, 0.25) is 0 Å². The van der Waals surface area contributed by atoms with Crippen LogP contribution in [0.3, 0.4) is 0 Å². The number of amides is 1. The molecule has 0 unspecified atom stereocenters. The topological polar surface area (TPSA) is 60.2 Å². The average molecular weight is 583 g/mol.